The molecule has 1 fully saturated rings. The topological polar surface area (TPSA) is 91.6 Å². The van der Waals surface area contributed by atoms with Crippen molar-refractivity contribution in [2.24, 2.45) is 0 Å². The van der Waals surface area contributed by atoms with Crippen molar-refractivity contribution >= 4 is 5.97 Å². The Bertz CT molecular complexity index is 949. The molecule has 4 rings (SSSR count). The number of nitrogens with zero attached hydrogens (tertiary/aromatic N) is 1. The highest BCUT2D eigenvalue weighted by molar-refractivity contribution is 5.73. The van der Waals surface area contributed by atoms with Crippen LogP contribution in [0.5, 0.6) is 11.5 Å². The standard InChI is InChI=1S/C20H20N2O2.C2HF3O2/c21-12-14-4-6-16(7-5-14)19-13-23-20-17(2-1-3-18(20)24-19)15-8-10-22-11-9-15;3-2(4,5)1(6)7/h1-7,15,19,22H,8-11,13H2;(H,6,7)/t19-;/m0./s1. The molecular weight excluding hydrogens is 413 g/mol. The maximum Gasteiger partial charge on any atom is 0.490 e. The summed E-state index contributed by atoms with van der Waals surface area (Å²) in [5.74, 6) is -0.482. The number of hydrogen-bond donors (Lipinski definition) is 2. The van der Waals surface area contributed by atoms with Crippen LogP contribution in [0.2, 0.25) is 0 Å². The Morgan fingerprint density at radius 3 is 2.35 bits per heavy atom. The number of rotatable bonds is 2. The number of alkyl halides is 3. The number of para-hydroxylation sites is 1. The van der Waals surface area contributed by atoms with E-state index in [9.17, 15) is 13.2 Å². The Labute approximate surface area is 177 Å². The minimum absolute atomic E-state index is 0.131. The number of ether oxygens (including phenoxy) is 2. The molecule has 6 nitrogen and oxygen atoms in total. The van der Waals surface area contributed by atoms with E-state index < -0.39 is 12.1 Å². The van der Waals surface area contributed by atoms with Gasteiger partial charge in [-0.05, 0) is 55.6 Å². The average Bonchev–Trinajstić information content (AvgIpc) is 2.79. The SMILES string of the molecule is N#Cc1ccc([C@@H]2COc3c(cccc3C3CCNCC3)O2)cc1.O=C(O)C(F)(F)F. The highest BCUT2D eigenvalue weighted by Gasteiger charge is 2.38. The molecular formula is C22H21F3N2O4. The number of carboxylic acids is 1. The second-order valence-electron chi connectivity index (χ2n) is 7.15. The quantitative estimate of drug-likeness (QED) is 0.737. The molecule has 2 aliphatic heterocycles. The van der Waals surface area contributed by atoms with Crippen LogP contribution in [0.1, 0.15) is 41.6 Å². The molecule has 2 aliphatic rings. The number of halogens is 3. The number of carbonyl (C=O) groups is 1. The third kappa shape index (κ3) is 5.67. The molecule has 2 N–H and O–H groups in total. The van der Waals surface area contributed by atoms with Crippen molar-refractivity contribution < 1.29 is 32.5 Å². The van der Waals surface area contributed by atoms with Crippen LogP contribution in [0.15, 0.2) is 42.5 Å². The summed E-state index contributed by atoms with van der Waals surface area (Å²) in [5, 5.41) is 19.4. The van der Waals surface area contributed by atoms with Crippen molar-refractivity contribution in [2.45, 2.75) is 31.0 Å². The molecule has 0 aromatic heterocycles. The summed E-state index contributed by atoms with van der Waals surface area (Å²) in [6, 6.07) is 15.9. The van der Waals surface area contributed by atoms with Crippen molar-refractivity contribution in [3.8, 4) is 17.6 Å². The Kier molecular flexibility index (Phi) is 7.02. The van der Waals surface area contributed by atoms with Gasteiger partial charge in [-0.1, -0.05) is 24.3 Å². The fourth-order valence-electron chi connectivity index (χ4n) is 3.52. The van der Waals surface area contributed by atoms with Gasteiger partial charge in [0.15, 0.2) is 17.6 Å². The fourth-order valence-corrected chi connectivity index (χ4v) is 3.52. The van der Waals surface area contributed by atoms with E-state index in [2.05, 4.69) is 23.5 Å². The smallest absolute Gasteiger partial charge is 0.485 e. The van der Waals surface area contributed by atoms with Crippen molar-refractivity contribution in [2.75, 3.05) is 19.7 Å². The van der Waals surface area contributed by atoms with Crippen molar-refractivity contribution in [3.63, 3.8) is 0 Å². The molecule has 164 valence electrons. The Hall–Kier alpha value is -3.25. The van der Waals surface area contributed by atoms with Crippen LogP contribution in [0.25, 0.3) is 0 Å². The number of carboxylic acid groups (broad SMARTS) is 1. The van der Waals surface area contributed by atoms with E-state index in [1.807, 2.05) is 30.3 Å². The van der Waals surface area contributed by atoms with Gasteiger partial charge in [-0.25, -0.2) is 4.79 Å². The molecule has 2 aromatic rings. The Morgan fingerprint density at radius 1 is 1.13 bits per heavy atom. The number of piperidine rings is 1. The van der Waals surface area contributed by atoms with E-state index in [1.54, 1.807) is 0 Å². The highest BCUT2D eigenvalue weighted by Crippen LogP contribution is 2.43. The molecule has 0 radical (unpaired) electrons. The first kappa shape index (κ1) is 22.4. The van der Waals surface area contributed by atoms with E-state index in [0.717, 1.165) is 43.0 Å². The summed E-state index contributed by atoms with van der Waals surface area (Å²) < 4.78 is 44.1. The molecule has 31 heavy (non-hydrogen) atoms. The van der Waals surface area contributed by atoms with E-state index >= 15 is 0 Å². The molecule has 0 amide bonds. The highest BCUT2D eigenvalue weighted by atomic mass is 19.4. The number of nitrogens with one attached hydrogen (secondary N) is 1. The third-order valence-corrected chi connectivity index (χ3v) is 5.09. The first-order valence-electron chi connectivity index (χ1n) is 9.73. The lowest BCUT2D eigenvalue weighted by molar-refractivity contribution is -0.192. The van der Waals surface area contributed by atoms with Gasteiger partial charge in [0.2, 0.25) is 0 Å². The van der Waals surface area contributed by atoms with Crippen LogP contribution < -0.4 is 14.8 Å². The summed E-state index contributed by atoms with van der Waals surface area (Å²) in [4.78, 5) is 8.90. The van der Waals surface area contributed by atoms with E-state index in [1.165, 1.54) is 5.56 Å². The van der Waals surface area contributed by atoms with Gasteiger partial charge >= 0.3 is 12.1 Å². The number of nitriles is 1. The predicted molar refractivity (Wildman–Crippen MR) is 105 cm³/mol. The lowest BCUT2D eigenvalue weighted by Crippen LogP contribution is -2.28. The van der Waals surface area contributed by atoms with Gasteiger partial charge in [0, 0.05) is 5.56 Å². The molecule has 0 bridgehead atoms. The van der Waals surface area contributed by atoms with Gasteiger partial charge in [-0.2, -0.15) is 18.4 Å². The molecule has 2 heterocycles. The van der Waals surface area contributed by atoms with Gasteiger partial charge in [-0.15, -0.1) is 0 Å². The normalized spacial score (nSPS) is 18.3. The second kappa shape index (κ2) is 9.71. The molecule has 0 spiro atoms. The van der Waals surface area contributed by atoms with Gasteiger partial charge < -0.3 is 19.9 Å². The summed E-state index contributed by atoms with van der Waals surface area (Å²) >= 11 is 0. The predicted octanol–water partition coefficient (Wildman–Crippen LogP) is 4.17. The Balaban J connectivity index is 0.000000339. The fraction of sp³-hybridized carbons (Fsp3) is 0.364. The molecule has 1 saturated heterocycles. The summed E-state index contributed by atoms with van der Waals surface area (Å²) in [6.45, 7) is 2.62. The first-order chi connectivity index (χ1) is 14.8. The van der Waals surface area contributed by atoms with Gasteiger partial charge in [0.05, 0.1) is 11.6 Å². The summed E-state index contributed by atoms with van der Waals surface area (Å²) in [7, 11) is 0. The van der Waals surface area contributed by atoms with E-state index in [0.29, 0.717) is 18.1 Å². The van der Waals surface area contributed by atoms with Gasteiger partial charge in [0.1, 0.15) is 6.61 Å². The minimum atomic E-state index is -5.08. The monoisotopic (exact) mass is 434 g/mol. The number of aliphatic carboxylic acids is 1. The molecule has 0 unspecified atom stereocenters. The van der Waals surface area contributed by atoms with Crippen molar-refractivity contribution in [1.29, 1.82) is 5.26 Å². The van der Waals surface area contributed by atoms with E-state index in [4.69, 9.17) is 24.6 Å². The zero-order chi connectivity index (χ0) is 22.4. The van der Waals surface area contributed by atoms with Crippen LogP contribution in [-0.2, 0) is 4.79 Å². The maximum atomic E-state index is 10.6. The molecule has 0 saturated carbocycles. The van der Waals surface area contributed by atoms with Crippen LogP contribution in [0.3, 0.4) is 0 Å². The third-order valence-electron chi connectivity index (χ3n) is 5.09. The lowest BCUT2D eigenvalue weighted by Gasteiger charge is -2.31. The molecule has 9 heteroatoms. The van der Waals surface area contributed by atoms with E-state index in [-0.39, 0.29) is 6.10 Å². The van der Waals surface area contributed by atoms with Crippen LogP contribution in [0.4, 0.5) is 13.2 Å². The summed E-state index contributed by atoms with van der Waals surface area (Å²) in [5.41, 5.74) is 2.96. The first-order valence-corrected chi connectivity index (χ1v) is 9.73. The number of benzene rings is 2. The van der Waals surface area contributed by atoms with Gasteiger partial charge in [-0.3, -0.25) is 0 Å². The molecule has 2 aromatic carbocycles. The zero-order valence-electron chi connectivity index (χ0n) is 16.5. The zero-order valence-corrected chi connectivity index (χ0v) is 16.5. The van der Waals surface area contributed by atoms with Crippen LogP contribution >= 0.6 is 0 Å². The van der Waals surface area contributed by atoms with Crippen LogP contribution in [-0.4, -0.2) is 36.9 Å². The largest absolute Gasteiger partial charge is 0.490 e. The van der Waals surface area contributed by atoms with Crippen LogP contribution in [0, 0.1) is 11.3 Å². The maximum absolute atomic E-state index is 10.6. The van der Waals surface area contributed by atoms with Crippen molar-refractivity contribution in [1.82, 2.24) is 5.32 Å². The number of fused-ring (bicyclic) bond motifs is 1. The van der Waals surface area contributed by atoms with Crippen molar-refractivity contribution in [3.05, 3.63) is 59.2 Å². The number of hydrogen-bond acceptors (Lipinski definition) is 5. The molecule has 1 atom stereocenters. The average molecular weight is 434 g/mol. The molecule has 0 aliphatic carbocycles. The minimum Gasteiger partial charge on any atom is -0.485 e. The van der Waals surface area contributed by atoms with Gasteiger partial charge in [0.25, 0.3) is 0 Å². The second-order valence-corrected chi connectivity index (χ2v) is 7.15. The lowest BCUT2D eigenvalue weighted by atomic mass is 9.89. The summed E-state index contributed by atoms with van der Waals surface area (Å²) in [6.07, 6.45) is -2.94. The Morgan fingerprint density at radius 2 is 1.77 bits per heavy atom.